The maximum Gasteiger partial charge on any atom is 0.138 e. The third-order valence-corrected chi connectivity index (χ3v) is 4.24. The topological polar surface area (TPSA) is 55.0 Å². The van der Waals surface area contributed by atoms with Crippen LogP contribution in [0.15, 0.2) is 0 Å². The van der Waals surface area contributed by atoms with E-state index in [1.165, 1.54) is 12.8 Å². The smallest absolute Gasteiger partial charge is 0.138 e. The molecular weight excluding hydrogens is 248 g/mol. The average molecular weight is 276 g/mol. The van der Waals surface area contributed by atoms with E-state index in [1.54, 1.807) is 0 Å². The quantitative estimate of drug-likeness (QED) is 0.855. The van der Waals surface area contributed by atoms with Gasteiger partial charge in [-0.15, -0.1) is 0 Å². The molecule has 1 aliphatic heterocycles. The van der Waals surface area contributed by atoms with Crippen molar-refractivity contribution in [3.63, 3.8) is 0 Å². The first-order chi connectivity index (χ1) is 9.20. The molecule has 2 unspecified atom stereocenters. The molecule has 0 aromatic carbocycles. The van der Waals surface area contributed by atoms with Crippen molar-refractivity contribution in [2.45, 2.75) is 65.8 Å². The lowest BCUT2D eigenvalue weighted by Crippen LogP contribution is -2.41. The normalized spacial score (nSPS) is 24.0. The summed E-state index contributed by atoms with van der Waals surface area (Å²) >= 11 is 0. The first kappa shape index (κ1) is 15.1. The molecule has 1 fully saturated rings. The van der Waals surface area contributed by atoms with Crippen LogP contribution in [0, 0.1) is 12.8 Å². The van der Waals surface area contributed by atoms with Crippen molar-refractivity contribution >= 4 is 11.6 Å². The minimum Gasteiger partial charge on any atom is -0.383 e. The van der Waals surface area contributed by atoms with E-state index >= 15 is 0 Å². The highest BCUT2D eigenvalue weighted by Gasteiger charge is 2.28. The molecule has 2 heterocycles. The Bertz CT molecular complexity index is 490. The predicted octanol–water partition coefficient (Wildman–Crippen LogP) is 3.29. The molecule has 0 radical (unpaired) electrons. The van der Waals surface area contributed by atoms with Crippen LogP contribution in [-0.4, -0.2) is 22.6 Å². The summed E-state index contributed by atoms with van der Waals surface area (Å²) in [6, 6.07) is 0.513. The highest BCUT2D eigenvalue weighted by atomic mass is 15.2. The first-order valence-electron chi connectivity index (χ1n) is 7.61. The third kappa shape index (κ3) is 2.89. The van der Waals surface area contributed by atoms with Crippen molar-refractivity contribution < 1.29 is 0 Å². The number of hydrogen-bond acceptors (Lipinski definition) is 4. The number of hydrogen-bond donors (Lipinski definition) is 1. The molecule has 1 aromatic heterocycles. The Labute approximate surface area is 122 Å². The molecule has 2 rings (SSSR count). The lowest BCUT2D eigenvalue weighted by molar-refractivity contribution is 0.374. The number of anilines is 2. The molecule has 112 valence electrons. The van der Waals surface area contributed by atoms with Gasteiger partial charge in [-0.1, -0.05) is 27.7 Å². The molecule has 1 aromatic rings. The first-order valence-corrected chi connectivity index (χ1v) is 7.61. The summed E-state index contributed by atoms with van der Waals surface area (Å²) in [6.07, 6.45) is 2.44. The molecule has 0 saturated carbocycles. The van der Waals surface area contributed by atoms with E-state index in [9.17, 15) is 0 Å². The van der Waals surface area contributed by atoms with Gasteiger partial charge in [0, 0.05) is 23.6 Å². The van der Waals surface area contributed by atoms with Gasteiger partial charge < -0.3 is 10.6 Å². The van der Waals surface area contributed by atoms with Gasteiger partial charge in [-0.25, -0.2) is 9.97 Å². The molecule has 0 amide bonds. The lowest BCUT2D eigenvalue weighted by Gasteiger charge is -2.38. The van der Waals surface area contributed by atoms with E-state index in [0.717, 1.165) is 29.7 Å². The van der Waals surface area contributed by atoms with Crippen molar-refractivity contribution in [1.82, 2.24) is 9.97 Å². The fourth-order valence-electron chi connectivity index (χ4n) is 2.86. The molecule has 2 N–H and O–H groups in total. The summed E-state index contributed by atoms with van der Waals surface area (Å²) in [5, 5.41) is 0. The molecular formula is C16H28N4. The zero-order valence-corrected chi connectivity index (χ0v) is 13.7. The Morgan fingerprint density at radius 1 is 1.20 bits per heavy atom. The molecule has 1 saturated heterocycles. The van der Waals surface area contributed by atoms with Crippen LogP contribution < -0.4 is 10.6 Å². The van der Waals surface area contributed by atoms with Gasteiger partial charge >= 0.3 is 0 Å². The predicted molar refractivity (Wildman–Crippen MR) is 85.1 cm³/mol. The van der Waals surface area contributed by atoms with Crippen LogP contribution in [0.25, 0.3) is 0 Å². The number of rotatable bonds is 1. The van der Waals surface area contributed by atoms with Gasteiger partial charge in [-0.05, 0) is 32.6 Å². The lowest BCUT2D eigenvalue weighted by atomic mass is 9.92. The van der Waals surface area contributed by atoms with Crippen molar-refractivity contribution in [3.05, 3.63) is 11.4 Å². The molecule has 0 spiro atoms. The monoisotopic (exact) mass is 276 g/mol. The minimum atomic E-state index is -0.0805. The maximum atomic E-state index is 6.12. The Morgan fingerprint density at radius 3 is 2.40 bits per heavy atom. The van der Waals surface area contributed by atoms with Gasteiger partial charge in [0.1, 0.15) is 17.5 Å². The zero-order chi connectivity index (χ0) is 15.1. The molecule has 4 nitrogen and oxygen atoms in total. The van der Waals surface area contributed by atoms with Crippen LogP contribution >= 0.6 is 0 Å². The van der Waals surface area contributed by atoms with Gasteiger partial charge in [-0.3, -0.25) is 0 Å². The van der Waals surface area contributed by atoms with Crippen molar-refractivity contribution in [2.75, 3.05) is 17.2 Å². The Balaban J connectivity index is 2.43. The molecule has 2 atom stereocenters. The summed E-state index contributed by atoms with van der Waals surface area (Å²) in [7, 11) is 0. The Morgan fingerprint density at radius 2 is 1.85 bits per heavy atom. The van der Waals surface area contributed by atoms with Gasteiger partial charge in [0.05, 0.1) is 0 Å². The second kappa shape index (κ2) is 5.23. The van der Waals surface area contributed by atoms with Gasteiger partial charge in [0.2, 0.25) is 0 Å². The maximum absolute atomic E-state index is 6.12. The number of piperidine rings is 1. The highest BCUT2D eigenvalue weighted by Crippen LogP contribution is 2.32. The number of nitrogens with two attached hydrogens (primary N) is 1. The Hall–Kier alpha value is -1.32. The van der Waals surface area contributed by atoms with Gasteiger partial charge in [0.25, 0.3) is 0 Å². The summed E-state index contributed by atoms with van der Waals surface area (Å²) < 4.78 is 0. The average Bonchev–Trinajstić information content (AvgIpc) is 2.32. The summed E-state index contributed by atoms with van der Waals surface area (Å²) in [6.45, 7) is 14.1. The molecule has 20 heavy (non-hydrogen) atoms. The van der Waals surface area contributed by atoms with Crippen molar-refractivity contribution in [3.8, 4) is 0 Å². The van der Waals surface area contributed by atoms with Gasteiger partial charge in [-0.2, -0.15) is 0 Å². The Kier molecular flexibility index (Phi) is 3.94. The van der Waals surface area contributed by atoms with Crippen LogP contribution in [0.1, 0.15) is 58.8 Å². The van der Waals surface area contributed by atoms with Crippen LogP contribution in [0.3, 0.4) is 0 Å². The third-order valence-electron chi connectivity index (χ3n) is 4.24. The summed E-state index contributed by atoms with van der Waals surface area (Å²) in [4.78, 5) is 11.7. The molecule has 4 heteroatoms. The van der Waals surface area contributed by atoms with E-state index in [1.807, 2.05) is 6.92 Å². The van der Waals surface area contributed by atoms with E-state index < -0.39 is 0 Å². The zero-order valence-electron chi connectivity index (χ0n) is 13.7. The molecule has 0 aliphatic carbocycles. The molecule has 1 aliphatic rings. The summed E-state index contributed by atoms with van der Waals surface area (Å²) in [5.41, 5.74) is 7.05. The SMILES string of the molecule is Cc1c(N)nc(C(C)(C)C)nc1N1CCC(C)CC1C. The van der Waals surface area contributed by atoms with E-state index in [2.05, 4.69) is 44.5 Å². The van der Waals surface area contributed by atoms with Crippen LogP contribution in [0.2, 0.25) is 0 Å². The second-order valence-electron chi connectivity index (χ2n) is 7.30. The second-order valence-corrected chi connectivity index (χ2v) is 7.30. The molecule has 0 bridgehead atoms. The number of aromatic nitrogens is 2. The van der Waals surface area contributed by atoms with E-state index in [-0.39, 0.29) is 5.41 Å². The van der Waals surface area contributed by atoms with Crippen LogP contribution in [0.4, 0.5) is 11.6 Å². The largest absolute Gasteiger partial charge is 0.383 e. The van der Waals surface area contributed by atoms with E-state index in [0.29, 0.717) is 11.9 Å². The van der Waals surface area contributed by atoms with Crippen LogP contribution in [-0.2, 0) is 5.41 Å². The fourth-order valence-corrected chi connectivity index (χ4v) is 2.86. The number of nitrogen functional groups attached to an aromatic ring is 1. The summed E-state index contributed by atoms with van der Waals surface area (Å²) in [5.74, 6) is 3.27. The van der Waals surface area contributed by atoms with Crippen LogP contribution in [0.5, 0.6) is 0 Å². The highest BCUT2D eigenvalue weighted by molar-refractivity contribution is 5.57. The van der Waals surface area contributed by atoms with E-state index in [4.69, 9.17) is 10.7 Å². The van der Waals surface area contributed by atoms with Crippen molar-refractivity contribution in [2.24, 2.45) is 5.92 Å². The van der Waals surface area contributed by atoms with Gasteiger partial charge in [0.15, 0.2) is 0 Å². The standard InChI is InChI=1S/C16H28N4/c1-10-7-8-20(11(2)9-10)14-12(3)13(17)18-15(19-14)16(4,5)6/h10-11H,7-9H2,1-6H3,(H2,17,18,19). The fraction of sp³-hybridized carbons (Fsp3) is 0.750. The van der Waals surface area contributed by atoms with Crippen molar-refractivity contribution in [1.29, 1.82) is 0 Å². The minimum absolute atomic E-state index is 0.0805. The number of nitrogens with zero attached hydrogens (tertiary/aromatic N) is 3.